The zero-order valence-corrected chi connectivity index (χ0v) is 20.2. The minimum Gasteiger partial charge on any atom is -0.355 e. The zero-order chi connectivity index (χ0) is 23.8. The van der Waals surface area contributed by atoms with Crippen molar-refractivity contribution in [3.63, 3.8) is 0 Å². The number of hydrogen-bond donors (Lipinski definition) is 1. The van der Waals surface area contributed by atoms with E-state index in [1.807, 2.05) is 87.5 Å². The summed E-state index contributed by atoms with van der Waals surface area (Å²) in [6.45, 7) is 6.72. The highest BCUT2D eigenvalue weighted by molar-refractivity contribution is 6.30. The second-order valence-electron chi connectivity index (χ2n) is 8.36. The summed E-state index contributed by atoms with van der Waals surface area (Å²) in [4.78, 5) is 28.6. The van der Waals surface area contributed by atoms with Gasteiger partial charge in [0.2, 0.25) is 11.8 Å². The smallest absolute Gasteiger partial charge is 0.243 e. The molecule has 4 nitrogen and oxygen atoms in total. The van der Waals surface area contributed by atoms with Crippen LogP contribution in [0.2, 0.25) is 5.02 Å². The number of carbonyl (C=O) groups is 2. The molecule has 3 aromatic carbocycles. The van der Waals surface area contributed by atoms with Crippen LogP contribution in [0.1, 0.15) is 34.7 Å². The van der Waals surface area contributed by atoms with Crippen molar-refractivity contribution in [3.8, 4) is 0 Å². The first-order valence-electron chi connectivity index (χ1n) is 11.3. The van der Waals surface area contributed by atoms with E-state index >= 15 is 0 Å². The fourth-order valence-corrected chi connectivity index (χ4v) is 4.15. The summed E-state index contributed by atoms with van der Waals surface area (Å²) in [6, 6.07) is 22.7. The van der Waals surface area contributed by atoms with Gasteiger partial charge in [-0.3, -0.25) is 9.59 Å². The van der Waals surface area contributed by atoms with Gasteiger partial charge in [-0.1, -0.05) is 77.8 Å². The Morgan fingerprint density at radius 1 is 0.939 bits per heavy atom. The van der Waals surface area contributed by atoms with Crippen molar-refractivity contribution in [3.05, 3.63) is 106 Å². The van der Waals surface area contributed by atoms with Crippen molar-refractivity contribution in [2.24, 2.45) is 0 Å². The zero-order valence-electron chi connectivity index (χ0n) is 19.5. The Morgan fingerprint density at radius 2 is 1.67 bits per heavy atom. The topological polar surface area (TPSA) is 49.4 Å². The average molecular weight is 463 g/mol. The number of nitrogens with zero attached hydrogens (tertiary/aromatic N) is 1. The molecular formula is C28H31ClN2O2. The largest absolute Gasteiger partial charge is 0.355 e. The van der Waals surface area contributed by atoms with Crippen molar-refractivity contribution in [1.29, 1.82) is 0 Å². The Labute approximate surface area is 201 Å². The van der Waals surface area contributed by atoms with Crippen LogP contribution in [0.15, 0.2) is 72.8 Å². The molecule has 3 rings (SSSR count). The van der Waals surface area contributed by atoms with Crippen LogP contribution in [0.5, 0.6) is 0 Å². The fraction of sp³-hybridized carbons (Fsp3) is 0.286. The van der Waals surface area contributed by atoms with Crippen molar-refractivity contribution in [2.45, 2.75) is 46.2 Å². The molecule has 0 aliphatic carbocycles. The molecule has 1 atom stereocenters. The van der Waals surface area contributed by atoms with E-state index in [0.29, 0.717) is 24.5 Å². The van der Waals surface area contributed by atoms with Crippen LogP contribution < -0.4 is 5.32 Å². The number of rotatable bonds is 9. The lowest BCUT2D eigenvalue weighted by atomic mass is 9.99. The molecule has 0 aromatic heterocycles. The maximum absolute atomic E-state index is 13.7. The first-order valence-corrected chi connectivity index (χ1v) is 11.7. The molecule has 172 valence electrons. The third-order valence-electron chi connectivity index (χ3n) is 5.71. The SMILES string of the molecule is CCNC(=O)[C@@H](Cc1ccccc1)N(Cc1cccc(Cl)c1)C(=O)Cc1cc(C)ccc1C. The number of carbonyl (C=O) groups excluding carboxylic acids is 2. The Bertz CT molecular complexity index is 1100. The highest BCUT2D eigenvalue weighted by atomic mass is 35.5. The van der Waals surface area contributed by atoms with Gasteiger partial charge in [-0.25, -0.2) is 0 Å². The minimum absolute atomic E-state index is 0.0872. The summed E-state index contributed by atoms with van der Waals surface area (Å²) in [6.07, 6.45) is 0.671. The van der Waals surface area contributed by atoms with Crippen LogP contribution in [0.25, 0.3) is 0 Å². The third kappa shape index (κ3) is 6.93. The van der Waals surface area contributed by atoms with E-state index in [1.54, 1.807) is 11.0 Å². The van der Waals surface area contributed by atoms with Gasteiger partial charge >= 0.3 is 0 Å². The van der Waals surface area contributed by atoms with Crippen LogP contribution in [0, 0.1) is 13.8 Å². The van der Waals surface area contributed by atoms with E-state index < -0.39 is 6.04 Å². The Morgan fingerprint density at radius 3 is 2.36 bits per heavy atom. The lowest BCUT2D eigenvalue weighted by Crippen LogP contribution is -2.51. The van der Waals surface area contributed by atoms with E-state index in [2.05, 4.69) is 5.32 Å². The maximum Gasteiger partial charge on any atom is 0.243 e. The van der Waals surface area contributed by atoms with Gasteiger partial charge in [-0.2, -0.15) is 0 Å². The summed E-state index contributed by atoms with van der Waals surface area (Å²) in [5.41, 5.74) is 5.04. The Kier molecular flexibility index (Phi) is 8.67. The summed E-state index contributed by atoms with van der Waals surface area (Å²) >= 11 is 6.21. The van der Waals surface area contributed by atoms with Gasteiger partial charge in [0.05, 0.1) is 6.42 Å². The minimum atomic E-state index is -0.635. The van der Waals surface area contributed by atoms with Crippen LogP contribution in [0.3, 0.4) is 0 Å². The predicted molar refractivity (Wildman–Crippen MR) is 134 cm³/mol. The average Bonchev–Trinajstić information content (AvgIpc) is 2.79. The molecule has 0 spiro atoms. The fourth-order valence-electron chi connectivity index (χ4n) is 3.93. The second-order valence-corrected chi connectivity index (χ2v) is 8.79. The van der Waals surface area contributed by atoms with Gasteiger partial charge in [0.1, 0.15) is 6.04 Å². The molecule has 0 bridgehead atoms. The Hall–Kier alpha value is -3.11. The molecule has 2 amide bonds. The number of halogens is 1. The van der Waals surface area contributed by atoms with Crippen LogP contribution in [-0.2, 0) is 29.0 Å². The lowest BCUT2D eigenvalue weighted by molar-refractivity contribution is -0.140. The molecule has 0 aliphatic rings. The Balaban J connectivity index is 1.98. The number of hydrogen-bond acceptors (Lipinski definition) is 2. The predicted octanol–water partition coefficient (Wildman–Crippen LogP) is 5.28. The molecular weight excluding hydrogens is 432 g/mol. The van der Waals surface area contributed by atoms with Gasteiger partial charge < -0.3 is 10.2 Å². The normalized spacial score (nSPS) is 11.6. The summed E-state index contributed by atoms with van der Waals surface area (Å²) in [5, 5.41) is 3.53. The number of amides is 2. The molecule has 3 aromatic rings. The molecule has 33 heavy (non-hydrogen) atoms. The summed E-state index contributed by atoms with van der Waals surface area (Å²) in [7, 11) is 0. The number of benzene rings is 3. The van der Waals surface area contributed by atoms with E-state index in [1.165, 1.54) is 0 Å². The van der Waals surface area contributed by atoms with Gasteiger partial charge in [-0.05, 0) is 55.2 Å². The molecule has 0 saturated heterocycles. The molecule has 0 heterocycles. The lowest BCUT2D eigenvalue weighted by Gasteiger charge is -2.32. The summed E-state index contributed by atoms with van der Waals surface area (Å²) < 4.78 is 0. The molecule has 0 aliphatic heterocycles. The van der Waals surface area contributed by atoms with Crippen molar-refractivity contribution in [2.75, 3.05) is 6.54 Å². The first kappa shape index (κ1) is 24.5. The quantitative estimate of drug-likeness (QED) is 0.470. The van der Waals surface area contributed by atoms with Crippen LogP contribution in [-0.4, -0.2) is 29.3 Å². The molecule has 5 heteroatoms. The molecule has 1 N–H and O–H groups in total. The van der Waals surface area contributed by atoms with Gasteiger partial charge in [0, 0.05) is 24.5 Å². The maximum atomic E-state index is 13.7. The number of likely N-dealkylation sites (N-methyl/N-ethyl adjacent to an activating group) is 1. The third-order valence-corrected chi connectivity index (χ3v) is 5.95. The van der Waals surface area contributed by atoms with Crippen LogP contribution >= 0.6 is 11.6 Å². The van der Waals surface area contributed by atoms with Gasteiger partial charge in [-0.15, -0.1) is 0 Å². The molecule has 0 radical (unpaired) electrons. The van der Waals surface area contributed by atoms with E-state index in [4.69, 9.17) is 11.6 Å². The van der Waals surface area contributed by atoms with Gasteiger partial charge in [0.25, 0.3) is 0 Å². The van der Waals surface area contributed by atoms with E-state index in [-0.39, 0.29) is 18.2 Å². The standard InChI is InChI=1S/C28H31ClN2O2/c1-4-30-28(33)26(17-22-9-6-5-7-10-22)31(19-23-11-8-12-25(29)16-23)27(32)18-24-15-20(2)13-14-21(24)3/h5-16,26H,4,17-19H2,1-3H3,(H,30,33)/t26-/m1/s1. The van der Waals surface area contributed by atoms with Gasteiger partial charge in [0.15, 0.2) is 0 Å². The molecule has 0 saturated carbocycles. The first-order chi connectivity index (χ1) is 15.9. The number of nitrogens with one attached hydrogen (secondary N) is 1. The highest BCUT2D eigenvalue weighted by Crippen LogP contribution is 2.20. The number of aryl methyl sites for hydroxylation is 2. The van der Waals surface area contributed by atoms with Crippen LogP contribution in [0.4, 0.5) is 0 Å². The molecule has 0 fully saturated rings. The van der Waals surface area contributed by atoms with Crippen molar-refractivity contribution >= 4 is 23.4 Å². The molecule has 0 unspecified atom stereocenters. The summed E-state index contributed by atoms with van der Waals surface area (Å²) in [5.74, 6) is -0.242. The highest BCUT2D eigenvalue weighted by Gasteiger charge is 2.30. The second kappa shape index (κ2) is 11.7. The monoisotopic (exact) mass is 462 g/mol. The van der Waals surface area contributed by atoms with E-state index in [0.717, 1.165) is 27.8 Å². The van der Waals surface area contributed by atoms with Crippen molar-refractivity contribution in [1.82, 2.24) is 10.2 Å². The van der Waals surface area contributed by atoms with Crippen molar-refractivity contribution < 1.29 is 9.59 Å². The van der Waals surface area contributed by atoms with E-state index in [9.17, 15) is 9.59 Å².